The predicted octanol–water partition coefficient (Wildman–Crippen LogP) is 3.03. The van der Waals surface area contributed by atoms with Crippen molar-refractivity contribution >= 4 is 40.0 Å². The second-order valence-electron chi connectivity index (χ2n) is 7.23. The summed E-state index contributed by atoms with van der Waals surface area (Å²) in [6.45, 7) is 0.410. The molecule has 0 radical (unpaired) electrons. The number of fused-ring (bicyclic) bond motifs is 1. The van der Waals surface area contributed by atoms with Crippen LogP contribution in [-0.4, -0.2) is 44.9 Å². The highest BCUT2D eigenvalue weighted by Gasteiger charge is 2.10. The van der Waals surface area contributed by atoms with Gasteiger partial charge in [-0.3, -0.25) is 9.59 Å². The van der Waals surface area contributed by atoms with Crippen molar-refractivity contribution in [3.63, 3.8) is 0 Å². The predicted molar refractivity (Wildman–Crippen MR) is 126 cm³/mol. The molecule has 2 amide bonds. The molecule has 3 aromatic carbocycles. The van der Waals surface area contributed by atoms with E-state index in [1.807, 2.05) is 36.4 Å². The van der Waals surface area contributed by atoms with E-state index in [-0.39, 0.29) is 17.6 Å². The van der Waals surface area contributed by atoms with E-state index in [0.29, 0.717) is 23.0 Å². The van der Waals surface area contributed by atoms with Crippen LogP contribution in [0.2, 0.25) is 0 Å². The van der Waals surface area contributed by atoms with Crippen LogP contribution in [0.25, 0.3) is 10.8 Å². The second-order valence-corrected chi connectivity index (χ2v) is 8.17. The SMILES string of the molecule is COc1ccc2cc(CNC(=O)c3ccc(NC(=O)CSc4nnnn4C)cc3)ccc2c1. The van der Waals surface area contributed by atoms with Gasteiger partial charge in [0.05, 0.1) is 12.9 Å². The van der Waals surface area contributed by atoms with E-state index >= 15 is 0 Å². The van der Waals surface area contributed by atoms with E-state index in [0.717, 1.165) is 22.1 Å². The van der Waals surface area contributed by atoms with E-state index in [4.69, 9.17) is 4.74 Å². The quantitative estimate of drug-likeness (QED) is 0.387. The van der Waals surface area contributed by atoms with Gasteiger partial charge < -0.3 is 15.4 Å². The van der Waals surface area contributed by atoms with Crippen LogP contribution in [0.3, 0.4) is 0 Å². The Morgan fingerprint density at radius 2 is 1.79 bits per heavy atom. The van der Waals surface area contributed by atoms with Gasteiger partial charge in [0.2, 0.25) is 11.1 Å². The minimum absolute atomic E-state index is 0.176. The summed E-state index contributed by atoms with van der Waals surface area (Å²) in [6.07, 6.45) is 0. The summed E-state index contributed by atoms with van der Waals surface area (Å²) in [6, 6.07) is 18.7. The van der Waals surface area contributed by atoms with E-state index in [1.54, 1.807) is 38.4 Å². The van der Waals surface area contributed by atoms with Gasteiger partial charge >= 0.3 is 0 Å². The number of benzene rings is 3. The van der Waals surface area contributed by atoms with Gasteiger partial charge in [0.15, 0.2) is 0 Å². The van der Waals surface area contributed by atoms with Gasteiger partial charge in [0.25, 0.3) is 5.91 Å². The van der Waals surface area contributed by atoms with Gasteiger partial charge in [-0.25, -0.2) is 4.68 Å². The fourth-order valence-corrected chi connectivity index (χ4v) is 3.82. The fraction of sp³-hybridized carbons (Fsp3) is 0.174. The second kappa shape index (κ2) is 10.1. The standard InChI is InChI=1S/C23H22N6O3S/c1-29-23(26-27-28-29)33-14-21(30)25-19-8-5-16(6-9-19)22(31)24-13-15-3-4-18-12-20(32-2)10-7-17(18)11-15/h3-12H,13-14H2,1-2H3,(H,24,31)(H,25,30). The van der Waals surface area contributed by atoms with Crippen LogP contribution >= 0.6 is 11.8 Å². The summed E-state index contributed by atoms with van der Waals surface area (Å²) in [5, 5.41) is 19.5. The molecule has 0 atom stereocenters. The van der Waals surface area contributed by atoms with Crippen molar-refractivity contribution in [3.8, 4) is 5.75 Å². The number of methoxy groups -OCH3 is 1. The molecule has 9 nitrogen and oxygen atoms in total. The first-order valence-electron chi connectivity index (χ1n) is 10.1. The fourth-order valence-electron chi connectivity index (χ4n) is 3.17. The van der Waals surface area contributed by atoms with E-state index in [9.17, 15) is 9.59 Å². The molecular weight excluding hydrogens is 440 g/mol. The number of aryl methyl sites for hydroxylation is 1. The zero-order chi connectivity index (χ0) is 23.2. The van der Waals surface area contributed by atoms with Crippen LogP contribution in [0.5, 0.6) is 5.75 Å². The first kappa shape index (κ1) is 22.3. The molecule has 0 bridgehead atoms. The topological polar surface area (TPSA) is 111 Å². The maximum absolute atomic E-state index is 12.5. The average Bonchev–Trinajstić information content (AvgIpc) is 3.25. The Labute approximate surface area is 194 Å². The van der Waals surface area contributed by atoms with Crippen LogP contribution in [0.4, 0.5) is 5.69 Å². The smallest absolute Gasteiger partial charge is 0.251 e. The highest BCUT2D eigenvalue weighted by molar-refractivity contribution is 7.99. The normalized spacial score (nSPS) is 10.7. The molecular formula is C23H22N6O3S. The number of ether oxygens (including phenoxy) is 1. The first-order chi connectivity index (χ1) is 16.0. The lowest BCUT2D eigenvalue weighted by Gasteiger charge is -2.09. The van der Waals surface area contributed by atoms with Crippen LogP contribution in [0.15, 0.2) is 65.8 Å². The number of tetrazole rings is 1. The lowest BCUT2D eigenvalue weighted by Crippen LogP contribution is -2.22. The number of aromatic nitrogens is 4. The molecule has 0 saturated heterocycles. The summed E-state index contributed by atoms with van der Waals surface area (Å²) in [4.78, 5) is 24.7. The molecule has 0 saturated carbocycles. The molecule has 0 aliphatic rings. The number of anilines is 1. The molecule has 0 spiro atoms. The number of nitrogens with one attached hydrogen (secondary N) is 2. The Bertz CT molecular complexity index is 1290. The van der Waals surface area contributed by atoms with Crippen LogP contribution < -0.4 is 15.4 Å². The maximum atomic E-state index is 12.5. The number of thioether (sulfide) groups is 1. The molecule has 0 aliphatic carbocycles. The van der Waals surface area contributed by atoms with Crippen molar-refractivity contribution in [2.75, 3.05) is 18.2 Å². The number of hydrogen-bond donors (Lipinski definition) is 2. The number of amides is 2. The minimum atomic E-state index is -0.187. The monoisotopic (exact) mass is 462 g/mol. The molecule has 4 aromatic rings. The van der Waals surface area contributed by atoms with Crippen molar-refractivity contribution in [2.45, 2.75) is 11.7 Å². The van der Waals surface area contributed by atoms with Gasteiger partial charge in [0.1, 0.15) is 5.75 Å². The van der Waals surface area contributed by atoms with Crippen molar-refractivity contribution < 1.29 is 14.3 Å². The largest absolute Gasteiger partial charge is 0.497 e. The van der Waals surface area contributed by atoms with Crippen LogP contribution in [0.1, 0.15) is 15.9 Å². The van der Waals surface area contributed by atoms with Crippen molar-refractivity contribution in [2.24, 2.45) is 7.05 Å². The van der Waals surface area contributed by atoms with Gasteiger partial charge in [0, 0.05) is 24.8 Å². The summed E-state index contributed by atoms with van der Waals surface area (Å²) >= 11 is 1.24. The summed E-state index contributed by atoms with van der Waals surface area (Å²) in [5.41, 5.74) is 2.12. The number of nitrogens with zero attached hydrogens (tertiary/aromatic N) is 4. The Kier molecular flexibility index (Phi) is 6.84. The average molecular weight is 463 g/mol. The van der Waals surface area contributed by atoms with Gasteiger partial charge in [-0.05, 0) is 69.2 Å². The minimum Gasteiger partial charge on any atom is -0.497 e. The molecule has 168 valence electrons. The Balaban J connectivity index is 1.29. The molecule has 10 heteroatoms. The zero-order valence-electron chi connectivity index (χ0n) is 18.1. The third kappa shape index (κ3) is 5.66. The number of carbonyl (C=O) groups is 2. The maximum Gasteiger partial charge on any atom is 0.251 e. The molecule has 0 fully saturated rings. The number of rotatable bonds is 8. The third-order valence-electron chi connectivity index (χ3n) is 4.91. The molecule has 2 N–H and O–H groups in total. The van der Waals surface area contributed by atoms with E-state index in [1.165, 1.54) is 16.4 Å². The zero-order valence-corrected chi connectivity index (χ0v) is 18.9. The number of carbonyl (C=O) groups excluding carboxylic acids is 2. The Hall–Kier alpha value is -3.92. The molecule has 1 aromatic heterocycles. The first-order valence-corrected chi connectivity index (χ1v) is 11.1. The third-order valence-corrected chi connectivity index (χ3v) is 5.92. The molecule has 0 unspecified atom stereocenters. The Morgan fingerprint density at radius 3 is 2.52 bits per heavy atom. The summed E-state index contributed by atoms with van der Waals surface area (Å²) in [5.74, 6) is 0.612. The highest BCUT2D eigenvalue weighted by atomic mass is 32.2. The van der Waals surface area contributed by atoms with Crippen LogP contribution in [-0.2, 0) is 18.4 Å². The molecule has 1 heterocycles. The summed E-state index contributed by atoms with van der Waals surface area (Å²) in [7, 11) is 3.35. The van der Waals surface area contributed by atoms with Gasteiger partial charge in [-0.1, -0.05) is 30.0 Å². The molecule has 4 rings (SSSR count). The van der Waals surface area contributed by atoms with Crippen molar-refractivity contribution in [1.29, 1.82) is 0 Å². The van der Waals surface area contributed by atoms with Crippen LogP contribution in [0, 0.1) is 0 Å². The Morgan fingerprint density at radius 1 is 1.03 bits per heavy atom. The highest BCUT2D eigenvalue weighted by Crippen LogP contribution is 2.22. The van der Waals surface area contributed by atoms with E-state index in [2.05, 4.69) is 26.2 Å². The van der Waals surface area contributed by atoms with E-state index < -0.39 is 0 Å². The van der Waals surface area contributed by atoms with Crippen molar-refractivity contribution in [1.82, 2.24) is 25.5 Å². The number of hydrogen-bond acceptors (Lipinski definition) is 7. The summed E-state index contributed by atoms with van der Waals surface area (Å²) < 4.78 is 6.75. The lowest BCUT2D eigenvalue weighted by molar-refractivity contribution is -0.113. The van der Waals surface area contributed by atoms with Crippen molar-refractivity contribution in [3.05, 3.63) is 71.8 Å². The molecule has 0 aliphatic heterocycles. The lowest BCUT2D eigenvalue weighted by atomic mass is 10.1. The molecule has 33 heavy (non-hydrogen) atoms. The van der Waals surface area contributed by atoms with Gasteiger partial charge in [-0.2, -0.15) is 0 Å². The van der Waals surface area contributed by atoms with Gasteiger partial charge in [-0.15, -0.1) is 5.10 Å².